The Balaban J connectivity index is 1.44. The van der Waals surface area contributed by atoms with Crippen LogP contribution < -0.4 is 18.9 Å². The van der Waals surface area contributed by atoms with Crippen LogP contribution in [-0.4, -0.2) is 50.3 Å². The van der Waals surface area contributed by atoms with Crippen LogP contribution in [0.3, 0.4) is 0 Å². The van der Waals surface area contributed by atoms with E-state index in [0.717, 1.165) is 6.08 Å². The summed E-state index contributed by atoms with van der Waals surface area (Å²) in [5.74, 6) is -0.204. The summed E-state index contributed by atoms with van der Waals surface area (Å²) in [5.41, 5.74) is 1.25. The maximum atomic E-state index is 12.7. The normalized spacial score (nSPS) is 10.2. The van der Waals surface area contributed by atoms with Gasteiger partial charge in [-0.2, -0.15) is 0 Å². The van der Waals surface area contributed by atoms with Crippen LogP contribution >= 0.6 is 0 Å². The molecule has 0 saturated heterocycles. The van der Waals surface area contributed by atoms with Crippen LogP contribution in [0.1, 0.15) is 45.5 Å². The summed E-state index contributed by atoms with van der Waals surface area (Å²) in [7, 11) is 0. The highest BCUT2D eigenvalue weighted by molar-refractivity contribution is 5.92. The molecule has 44 heavy (non-hydrogen) atoms. The molecule has 0 aliphatic rings. The fraction of sp³-hybridized carbons (Fsp3) is 0.235. The monoisotopic (exact) mass is 602 g/mol. The van der Waals surface area contributed by atoms with Crippen LogP contribution in [-0.2, 0) is 19.1 Å². The van der Waals surface area contributed by atoms with E-state index in [0.29, 0.717) is 65.7 Å². The number of esters is 4. The van der Waals surface area contributed by atoms with Crippen molar-refractivity contribution in [3.8, 4) is 23.0 Å². The molecule has 3 aromatic carbocycles. The maximum absolute atomic E-state index is 12.7. The highest BCUT2D eigenvalue weighted by Crippen LogP contribution is 2.26. The van der Waals surface area contributed by atoms with Gasteiger partial charge in [-0.05, 0) is 79.2 Å². The molecule has 0 heterocycles. The summed E-state index contributed by atoms with van der Waals surface area (Å²) >= 11 is 0. The lowest BCUT2D eigenvalue weighted by molar-refractivity contribution is -0.143. The van der Waals surface area contributed by atoms with E-state index in [4.69, 9.17) is 28.4 Å². The number of ether oxygens (including phenoxy) is 6. The van der Waals surface area contributed by atoms with Gasteiger partial charge in [-0.15, -0.1) is 6.58 Å². The second-order valence-corrected chi connectivity index (χ2v) is 9.24. The summed E-state index contributed by atoms with van der Waals surface area (Å²) in [6, 6.07) is 17.6. The minimum Gasteiger partial charge on any atom is -0.493 e. The summed E-state index contributed by atoms with van der Waals surface area (Å²) < 4.78 is 32.1. The molecule has 230 valence electrons. The molecule has 0 aliphatic carbocycles. The van der Waals surface area contributed by atoms with Gasteiger partial charge in [-0.3, -0.25) is 4.79 Å². The summed E-state index contributed by atoms with van der Waals surface area (Å²) in [5, 5.41) is 0. The van der Waals surface area contributed by atoms with Crippen LogP contribution in [0.15, 0.2) is 92.0 Å². The van der Waals surface area contributed by atoms with E-state index in [1.165, 1.54) is 12.1 Å². The van der Waals surface area contributed by atoms with E-state index in [9.17, 15) is 19.2 Å². The molecule has 10 nitrogen and oxygen atoms in total. The predicted octanol–water partition coefficient (Wildman–Crippen LogP) is 5.82. The first-order valence-corrected chi connectivity index (χ1v) is 13.9. The molecule has 3 aromatic rings. The third-order valence-electron chi connectivity index (χ3n) is 5.84. The second-order valence-electron chi connectivity index (χ2n) is 9.24. The fourth-order valence-electron chi connectivity index (χ4n) is 3.59. The van der Waals surface area contributed by atoms with Gasteiger partial charge in [-0.25, -0.2) is 14.4 Å². The van der Waals surface area contributed by atoms with Gasteiger partial charge in [0, 0.05) is 18.9 Å². The lowest BCUT2D eigenvalue weighted by Gasteiger charge is -2.11. The fourth-order valence-corrected chi connectivity index (χ4v) is 3.59. The van der Waals surface area contributed by atoms with E-state index in [2.05, 4.69) is 13.2 Å². The molecule has 0 N–H and O–H groups in total. The lowest BCUT2D eigenvalue weighted by atomic mass is 10.2. The molecular formula is C34H34O10. The molecule has 0 amide bonds. The first-order chi connectivity index (χ1) is 21.3. The molecule has 0 fully saturated rings. The summed E-state index contributed by atoms with van der Waals surface area (Å²) in [4.78, 5) is 47.6. The van der Waals surface area contributed by atoms with Gasteiger partial charge >= 0.3 is 23.9 Å². The van der Waals surface area contributed by atoms with Crippen molar-refractivity contribution in [1.82, 2.24) is 0 Å². The minimum absolute atomic E-state index is 0.171. The molecule has 0 bridgehead atoms. The van der Waals surface area contributed by atoms with Gasteiger partial charge in [0.2, 0.25) is 0 Å². The quantitative estimate of drug-likeness (QED) is 0.0614. The molecule has 0 radical (unpaired) electrons. The molecule has 0 unspecified atom stereocenters. The van der Waals surface area contributed by atoms with Crippen molar-refractivity contribution >= 4 is 23.9 Å². The Labute approximate surface area is 255 Å². The van der Waals surface area contributed by atoms with Crippen LogP contribution in [0.2, 0.25) is 0 Å². The second kappa shape index (κ2) is 17.5. The van der Waals surface area contributed by atoms with E-state index < -0.39 is 17.9 Å². The SMILES string of the molecule is C=CCC(=O)OCCCOc1ccc(C(=O)Oc2ccc(OC(=O)c3ccc(OCCCOC(=O)C=C)cc3)c(C)c2)cc1. The highest BCUT2D eigenvalue weighted by atomic mass is 16.5. The smallest absolute Gasteiger partial charge is 0.343 e. The predicted molar refractivity (Wildman–Crippen MR) is 161 cm³/mol. The van der Waals surface area contributed by atoms with Gasteiger partial charge in [0.1, 0.15) is 23.0 Å². The Kier molecular flexibility index (Phi) is 13.2. The van der Waals surface area contributed by atoms with Gasteiger partial charge in [0.25, 0.3) is 0 Å². The maximum Gasteiger partial charge on any atom is 0.343 e. The van der Waals surface area contributed by atoms with Gasteiger partial charge in [0.05, 0.1) is 44.0 Å². The molecule has 10 heteroatoms. The van der Waals surface area contributed by atoms with Crippen LogP contribution in [0.4, 0.5) is 0 Å². The number of hydrogen-bond acceptors (Lipinski definition) is 10. The molecule has 0 spiro atoms. The van der Waals surface area contributed by atoms with Gasteiger partial charge < -0.3 is 28.4 Å². The van der Waals surface area contributed by atoms with Crippen molar-refractivity contribution in [3.05, 3.63) is 109 Å². The molecular weight excluding hydrogens is 568 g/mol. The van der Waals surface area contributed by atoms with E-state index in [1.54, 1.807) is 67.6 Å². The zero-order chi connectivity index (χ0) is 31.7. The van der Waals surface area contributed by atoms with Crippen molar-refractivity contribution < 1.29 is 47.6 Å². The Hall–Kier alpha value is -5.38. The number of carbonyl (C=O) groups is 4. The van der Waals surface area contributed by atoms with Crippen molar-refractivity contribution in [2.45, 2.75) is 26.2 Å². The Morgan fingerprint density at radius 1 is 0.659 bits per heavy atom. The molecule has 0 saturated carbocycles. The van der Waals surface area contributed by atoms with Gasteiger partial charge in [-0.1, -0.05) is 12.7 Å². The minimum atomic E-state index is -0.560. The van der Waals surface area contributed by atoms with E-state index >= 15 is 0 Å². The van der Waals surface area contributed by atoms with Crippen molar-refractivity contribution in [3.63, 3.8) is 0 Å². The van der Waals surface area contributed by atoms with Gasteiger partial charge in [0.15, 0.2) is 0 Å². The topological polar surface area (TPSA) is 124 Å². The summed E-state index contributed by atoms with van der Waals surface area (Å²) in [6.45, 7) is 9.69. The van der Waals surface area contributed by atoms with Crippen LogP contribution in [0, 0.1) is 6.92 Å². The average molecular weight is 603 g/mol. The average Bonchev–Trinajstić information content (AvgIpc) is 3.02. The molecule has 0 atom stereocenters. The third kappa shape index (κ3) is 11.1. The van der Waals surface area contributed by atoms with E-state index in [1.807, 2.05) is 0 Å². The van der Waals surface area contributed by atoms with Crippen molar-refractivity contribution in [2.75, 3.05) is 26.4 Å². The Morgan fingerprint density at radius 3 is 1.70 bits per heavy atom. The first kappa shape index (κ1) is 33.1. The zero-order valence-corrected chi connectivity index (χ0v) is 24.5. The summed E-state index contributed by atoms with van der Waals surface area (Å²) in [6.07, 6.45) is 3.79. The number of carbonyl (C=O) groups excluding carboxylic acids is 4. The number of benzene rings is 3. The van der Waals surface area contributed by atoms with E-state index in [-0.39, 0.29) is 25.6 Å². The molecule has 0 aliphatic heterocycles. The highest BCUT2D eigenvalue weighted by Gasteiger charge is 2.14. The van der Waals surface area contributed by atoms with Crippen LogP contribution in [0.5, 0.6) is 23.0 Å². The zero-order valence-electron chi connectivity index (χ0n) is 24.5. The Morgan fingerprint density at radius 2 is 1.18 bits per heavy atom. The van der Waals surface area contributed by atoms with Crippen LogP contribution in [0.25, 0.3) is 0 Å². The largest absolute Gasteiger partial charge is 0.493 e. The number of aryl methyl sites for hydroxylation is 1. The Bertz CT molecular complexity index is 1440. The standard InChI is InChI=1S/C34H34O10/c1-4-8-32(36)42-22-7-20-40-27-13-9-25(10-14-27)33(37)43-29-17-18-30(24(3)23-29)44-34(38)26-11-15-28(16-12-26)39-19-6-21-41-31(35)5-2/h4-5,9-18,23H,1-2,6-8,19-22H2,3H3. The number of rotatable bonds is 17. The van der Waals surface area contributed by atoms with Crippen molar-refractivity contribution in [1.29, 1.82) is 0 Å². The third-order valence-corrected chi connectivity index (χ3v) is 5.84. The number of hydrogen-bond donors (Lipinski definition) is 0. The molecule has 3 rings (SSSR count). The lowest BCUT2D eigenvalue weighted by Crippen LogP contribution is -2.11. The van der Waals surface area contributed by atoms with Crippen molar-refractivity contribution in [2.24, 2.45) is 0 Å². The molecule has 0 aromatic heterocycles. The first-order valence-electron chi connectivity index (χ1n) is 13.9.